The summed E-state index contributed by atoms with van der Waals surface area (Å²) in [6.07, 6.45) is 6.71. The van der Waals surface area contributed by atoms with Gasteiger partial charge >= 0.3 is 0 Å². The summed E-state index contributed by atoms with van der Waals surface area (Å²) < 4.78 is 27.0. The maximum atomic E-state index is 13.7. The van der Waals surface area contributed by atoms with E-state index in [1.165, 1.54) is 48.5 Å². The van der Waals surface area contributed by atoms with Gasteiger partial charge in [0.05, 0.1) is 0 Å². The molecule has 2 saturated carbocycles. The summed E-state index contributed by atoms with van der Waals surface area (Å²) >= 11 is 0. The van der Waals surface area contributed by atoms with Gasteiger partial charge in [-0.05, 0) is 118 Å². The monoisotopic (exact) mass is 552 g/mol. The fourth-order valence-corrected chi connectivity index (χ4v) is 6.21. The minimum Gasteiger partial charge on any atom is -0.354 e. The maximum absolute atomic E-state index is 13.7. The average Bonchev–Trinajstić information content (AvgIpc) is 3.82. The summed E-state index contributed by atoms with van der Waals surface area (Å²) in [6, 6.07) is 9.95. The summed E-state index contributed by atoms with van der Waals surface area (Å²) in [5.41, 5.74) is 6.55. The number of piperidine rings is 1. The van der Waals surface area contributed by atoms with E-state index in [1.807, 2.05) is 4.90 Å². The molecule has 0 spiro atoms. The Morgan fingerprint density at radius 3 is 1.95 bits per heavy atom. The van der Waals surface area contributed by atoms with E-state index < -0.39 is 17.7 Å². The zero-order chi connectivity index (χ0) is 28.2. The summed E-state index contributed by atoms with van der Waals surface area (Å²) in [5, 5.41) is 3.10. The van der Waals surface area contributed by atoms with Crippen molar-refractivity contribution in [2.45, 2.75) is 69.5 Å². The van der Waals surface area contributed by atoms with Crippen LogP contribution in [-0.2, 0) is 4.79 Å². The fourth-order valence-electron chi connectivity index (χ4n) is 6.21. The maximum Gasteiger partial charge on any atom is 0.254 e. The SMILES string of the molecule is NCC1CCC(CNC(=O)[C@H]2CC(N(C(=O)c3ccc(F)cc3)C3CC3)CCN2C(=O)c2ccc(F)cc2)CC1. The predicted octanol–water partition coefficient (Wildman–Crippen LogP) is 4.12. The zero-order valence-electron chi connectivity index (χ0n) is 22.7. The molecule has 3 amide bonds. The van der Waals surface area contributed by atoms with Crippen molar-refractivity contribution >= 4 is 17.7 Å². The number of hydrogen-bond donors (Lipinski definition) is 2. The van der Waals surface area contributed by atoms with Crippen molar-refractivity contribution in [1.29, 1.82) is 0 Å². The molecule has 2 aromatic carbocycles. The Kier molecular flexibility index (Phi) is 8.78. The van der Waals surface area contributed by atoms with Crippen LogP contribution in [0.3, 0.4) is 0 Å². The summed E-state index contributed by atoms with van der Waals surface area (Å²) in [6.45, 7) is 1.52. The van der Waals surface area contributed by atoms with Crippen molar-refractivity contribution in [2.75, 3.05) is 19.6 Å². The van der Waals surface area contributed by atoms with Gasteiger partial charge in [-0.3, -0.25) is 14.4 Å². The molecule has 1 aliphatic heterocycles. The van der Waals surface area contributed by atoms with Gasteiger partial charge in [-0.2, -0.15) is 0 Å². The third-order valence-electron chi connectivity index (χ3n) is 8.75. The lowest BCUT2D eigenvalue weighted by atomic mass is 9.82. The van der Waals surface area contributed by atoms with Crippen molar-refractivity contribution in [3.63, 3.8) is 0 Å². The number of amides is 3. The minimum atomic E-state index is -0.765. The van der Waals surface area contributed by atoms with Crippen LogP contribution in [0, 0.1) is 23.5 Å². The lowest BCUT2D eigenvalue weighted by molar-refractivity contribution is -0.127. The highest BCUT2D eigenvalue weighted by Gasteiger charge is 2.44. The molecule has 3 fully saturated rings. The zero-order valence-corrected chi connectivity index (χ0v) is 22.7. The number of halogens is 2. The summed E-state index contributed by atoms with van der Waals surface area (Å²) in [4.78, 5) is 44.1. The van der Waals surface area contributed by atoms with Crippen molar-refractivity contribution in [2.24, 2.45) is 17.6 Å². The molecule has 3 N–H and O–H groups in total. The van der Waals surface area contributed by atoms with E-state index in [0.29, 0.717) is 55.4 Å². The summed E-state index contributed by atoms with van der Waals surface area (Å²) in [5.74, 6) is -0.668. The second kappa shape index (κ2) is 12.5. The molecular weight excluding hydrogens is 514 g/mol. The van der Waals surface area contributed by atoms with E-state index in [4.69, 9.17) is 5.73 Å². The second-order valence-electron chi connectivity index (χ2n) is 11.5. The number of carbonyl (C=O) groups is 3. The molecule has 40 heavy (non-hydrogen) atoms. The highest BCUT2D eigenvalue weighted by Crippen LogP contribution is 2.35. The Morgan fingerprint density at radius 1 is 0.800 bits per heavy atom. The Hall–Kier alpha value is -3.33. The number of rotatable bonds is 8. The number of carbonyl (C=O) groups excluding carboxylic acids is 3. The van der Waals surface area contributed by atoms with Crippen molar-refractivity contribution < 1.29 is 23.2 Å². The molecule has 1 heterocycles. The quantitative estimate of drug-likeness (QED) is 0.515. The van der Waals surface area contributed by atoms with E-state index in [9.17, 15) is 23.2 Å². The molecular formula is C31H38F2N4O3. The first-order valence-corrected chi connectivity index (χ1v) is 14.5. The first kappa shape index (κ1) is 28.2. The van der Waals surface area contributed by atoms with Crippen LogP contribution in [0.5, 0.6) is 0 Å². The Balaban J connectivity index is 1.33. The van der Waals surface area contributed by atoms with Crippen molar-refractivity contribution in [1.82, 2.24) is 15.1 Å². The average molecular weight is 553 g/mol. The number of likely N-dealkylation sites (tertiary alicyclic amines) is 1. The number of nitrogens with zero attached hydrogens (tertiary/aromatic N) is 2. The predicted molar refractivity (Wildman–Crippen MR) is 147 cm³/mol. The second-order valence-corrected chi connectivity index (χ2v) is 11.5. The van der Waals surface area contributed by atoms with Gasteiger partial charge in [0.2, 0.25) is 5.91 Å². The van der Waals surface area contributed by atoms with Gasteiger partial charge in [-0.15, -0.1) is 0 Å². The lowest BCUT2D eigenvalue weighted by Crippen LogP contribution is -2.58. The van der Waals surface area contributed by atoms with E-state index >= 15 is 0 Å². The van der Waals surface area contributed by atoms with Crippen LogP contribution in [0.2, 0.25) is 0 Å². The molecule has 9 heteroatoms. The molecule has 214 valence electrons. The Morgan fingerprint density at radius 2 is 1.38 bits per heavy atom. The minimum absolute atomic E-state index is 0.0725. The van der Waals surface area contributed by atoms with Crippen LogP contribution in [-0.4, -0.2) is 65.3 Å². The number of hydrogen-bond acceptors (Lipinski definition) is 4. The number of benzene rings is 2. The van der Waals surface area contributed by atoms with Crippen molar-refractivity contribution in [3.05, 3.63) is 71.3 Å². The smallest absolute Gasteiger partial charge is 0.254 e. The molecule has 3 aliphatic rings. The number of nitrogens with two attached hydrogens (primary N) is 1. The van der Waals surface area contributed by atoms with Gasteiger partial charge < -0.3 is 20.9 Å². The molecule has 7 nitrogen and oxygen atoms in total. The van der Waals surface area contributed by atoms with E-state index in [0.717, 1.165) is 38.5 Å². The topological polar surface area (TPSA) is 95.7 Å². The van der Waals surface area contributed by atoms with Gasteiger partial charge in [0.1, 0.15) is 17.7 Å². The molecule has 0 aromatic heterocycles. The summed E-state index contributed by atoms with van der Waals surface area (Å²) in [7, 11) is 0. The Labute approximate surface area is 234 Å². The molecule has 5 rings (SSSR count). The molecule has 1 unspecified atom stereocenters. The van der Waals surface area contributed by atoms with Crippen molar-refractivity contribution in [3.8, 4) is 0 Å². The Bertz CT molecular complexity index is 1190. The largest absolute Gasteiger partial charge is 0.354 e. The lowest BCUT2D eigenvalue weighted by Gasteiger charge is -2.43. The van der Waals surface area contributed by atoms with Crippen LogP contribution in [0.1, 0.15) is 72.1 Å². The van der Waals surface area contributed by atoms with Gasteiger partial charge in [0.25, 0.3) is 11.8 Å². The normalized spacial score (nSPS) is 24.8. The van der Waals surface area contributed by atoms with Gasteiger partial charge in [-0.1, -0.05) is 0 Å². The highest BCUT2D eigenvalue weighted by molar-refractivity contribution is 5.98. The van der Waals surface area contributed by atoms with Crippen LogP contribution in [0.4, 0.5) is 8.78 Å². The van der Waals surface area contributed by atoms with E-state index in [1.54, 1.807) is 4.90 Å². The molecule has 0 bridgehead atoms. The van der Waals surface area contributed by atoms with E-state index in [2.05, 4.69) is 5.32 Å². The van der Waals surface area contributed by atoms with E-state index in [-0.39, 0.29) is 29.8 Å². The van der Waals surface area contributed by atoms with Gasteiger partial charge in [0, 0.05) is 36.3 Å². The highest BCUT2D eigenvalue weighted by atomic mass is 19.1. The van der Waals surface area contributed by atoms with Gasteiger partial charge in [0.15, 0.2) is 0 Å². The molecule has 1 saturated heterocycles. The third kappa shape index (κ3) is 6.52. The molecule has 2 atom stereocenters. The van der Waals surface area contributed by atoms with Gasteiger partial charge in [-0.25, -0.2) is 8.78 Å². The molecule has 2 aromatic rings. The first-order valence-electron chi connectivity index (χ1n) is 14.5. The standard InChI is InChI=1S/C31H38F2N4O3/c32-24-9-5-22(6-10-24)30(39)36-16-15-27(37(26-13-14-26)31(40)23-7-11-25(33)12-8-23)17-28(36)29(38)35-19-21-3-1-20(18-34)2-4-21/h5-12,20-21,26-28H,1-4,13-19,34H2,(H,35,38)/t20?,21?,27?,28-/m1/s1. The van der Waals surface area contributed by atoms with Crippen LogP contribution >= 0.6 is 0 Å². The first-order chi connectivity index (χ1) is 19.3. The fraction of sp³-hybridized carbons (Fsp3) is 0.516. The number of nitrogens with one attached hydrogen (secondary N) is 1. The van der Waals surface area contributed by atoms with Crippen LogP contribution < -0.4 is 11.1 Å². The third-order valence-corrected chi connectivity index (χ3v) is 8.75. The molecule has 0 radical (unpaired) electrons. The van der Waals surface area contributed by atoms with Crippen LogP contribution in [0.15, 0.2) is 48.5 Å². The van der Waals surface area contributed by atoms with Crippen LogP contribution in [0.25, 0.3) is 0 Å². The molecule has 2 aliphatic carbocycles.